The second kappa shape index (κ2) is 5.13. The van der Waals surface area contributed by atoms with Crippen molar-refractivity contribution >= 4 is 5.97 Å². The molecule has 2 heterocycles. The van der Waals surface area contributed by atoms with Crippen LogP contribution in [0.4, 0.5) is 0 Å². The van der Waals surface area contributed by atoms with Crippen LogP contribution < -0.4 is 0 Å². The van der Waals surface area contributed by atoms with Crippen LogP contribution in [-0.4, -0.2) is 69.7 Å². The fourth-order valence-corrected chi connectivity index (χ4v) is 3.13. The molecule has 0 saturated carbocycles. The molecule has 0 amide bonds. The quantitative estimate of drug-likeness (QED) is 0.535. The summed E-state index contributed by atoms with van der Waals surface area (Å²) in [6, 6.07) is -0.634. The van der Waals surface area contributed by atoms with Gasteiger partial charge >= 0.3 is 5.97 Å². The molecule has 3 N–H and O–H groups in total. The van der Waals surface area contributed by atoms with Crippen molar-refractivity contribution in [3.63, 3.8) is 0 Å². The Morgan fingerprint density at radius 3 is 2.61 bits per heavy atom. The summed E-state index contributed by atoms with van der Waals surface area (Å²) in [5, 5.41) is 29.6. The maximum atomic E-state index is 11.8. The molecular formula is C12H21NO5. The van der Waals surface area contributed by atoms with Gasteiger partial charge in [-0.25, -0.2) is 0 Å². The smallest absolute Gasteiger partial charge is 0.310 e. The number of ether oxygens (including phenoxy) is 1. The van der Waals surface area contributed by atoms with E-state index in [1.54, 1.807) is 6.92 Å². The Balaban J connectivity index is 2.14. The summed E-state index contributed by atoms with van der Waals surface area (Å²) in [4.78, 5) is 13.6. The standard InChI is InChI=1S/C12H21NO5/c1-3-18-12(17)7-4-8(14)10-11(16)9(15)5-13(10)6(7)2/h6-11,14-16H,3-5H2,1-2H3/t6?,7?,8?,9-,10+,11?/m0/s1. The van der Waals surface area contributed by atoms with Gasteiger partial charge in [-0.05, 0) is 20.3 Å². The second-order valence-electron chi connectivity index (χ2n) is 5.15. The van der Waals surface area contributed by atoms with Gasteiger partial charge in [0.05, 0.1) is 36.9 Å². The number of hydrogen-bond donors (Lipinski definition) is 3. The first-order valence-electron chi connectivity index (χ1n) is 6.44. The lowest BCUT2D eigenvalue weighted by Gasteiger charge is -2.43. The van der Waals surface area contributed by atoms with Gasteiger partial charge in [0.1, 0.15) is 0 Å². The first-order valence-corrected chi connectivity index (χ1v) is 6.44. The Bertz CT molecular complexity index is 324. The molecule has 0 bridgehead atoms. The Hall–Kier alpha value is -0.690. The highest BCUT2D eigenvalue weighted by Gasteiger charge is 2.52. The van der Waals surface area contributed by atoms with Crippen molar-refractivity contribution < 1.29 is 24.9 Å². The lowest BCUT2D eigenvalue weighted by atomic mass is 9.84. The van der Waals surface area contributed by atoms with Crippen LogP contribution in [0.15, 0.2) is 0 Å². The van der Waals surface area contributed by atoms with E-state index in [1.807, 2.05) is 11.8 Å². The summed E-state index contributed by atoms with van der Waals surface area (Å²) in [5.41, 5.74) is 0. The molecule has 0 radical (unpaired) electrons. The maximum absolute atomic E-state index is 11.8. The highest BCUT2D eigenvalue weighted by Crippen LogP contribution is 2.35. The molecule has 0 spiro atoms. The molecule has 6 nitrogen and oxygen atoms in total. The van der Waals surface area contributed by atoms with E-state index >= 15 is 0 Å². The van der Waals surface area contributed by atoms with Crippen molar-refractivity contribution in [2.45, 2.75) is 50.7 Å². The van der Waals surface area contributed by atoms with Crippen LogP contribution in [0.3, 0.4) is 0 Å². The minimum Gasteiger partial charge on any atom is -0.466 e. The number of fused-ring (bicyclic) bond motifs is 1. The number of aliphatic hydroxyl groups excluding tert-OH is 3. The number of rotatable bonds is 2. The SMILES string of the molecule is CCOC(=O)C1CC(O)[C@@H]2C(O)[C@@H](O)CN2C1C. The molecular weight excluding hydrogens is 238 g/mol. The fraction of sp³-hybridized carbons (Fsp3) is 0.917. The first-order chi connectivity index (χ1) is 8.47. The van der Waals surface area contributed by atoms with Crippen molar-refractivity contribution in [3.8, 4) is 0 Å². The second-order valence-corrected chi connectivity index (χ2v) is 5.15. The zero-order valence-electron chi connectivity index (χ0n) is 10.7. The molecule has 4 unspecified atom stereocenters. The largest absolute Gasteiger partial charge is 0.466 e. The normalized spacial score (nSPS) is 44.7. The van der Waals surface area contributed by atoms with Gasteiger partial charge in [-0.15, -0.1) is 0 Å². The molecule has 18 heavy (non-hydrogen) atoms. The molecule has 2 aliphatic heterocycles. The average Bonchev–Trinajstić information content (AvgIpc) is 2.62. The summed E-state index contributed by atoms with van der Waals surface area (Å²) >= 11 is 0. The van der Waals surface area contributed by atoms with E-state index in [2.05, 4.69) is 0 Å². The molecule has 2 saturated heterocycles. The number of carbonyl (C=O) groups is 1. The average molecular weight is 259 g/mol. The van der Waals surface area contributed by atoms with Crippen LogP contribution in [0.25, 0.3) is 0 Å². The van der Waals surface area contributed by atoms with Gasteiger partial charge in [-0.1, -0.05) is 0 Å². The van der Waals surface area contributed by atoms with Gasteiger partial charge in [0.2, 0.25) is 0 Å². The number of nitrogens with zero attached hydrogens (tertiary/aromatic N) is 1. The van der Waals surface area contributed by atoms with E-state index < -0.39 is 30.3 Å². The van der Waals surface area contributed by atoms with Gasteiger partial charge < -0.3 is 20.1 Å². The Kier molecular flexibility index (Phi) is 3.91. The molecule has 0 aromatic carbocycles. The Morgan fingerprint density at radius 1 is 1.33 bits per heavy atom. The summed E-state index contributed by atoms with van der Waals surface area (Å²) < 4.78 is 5.00. The predicted molar refractivity (Wildman–Crippen MR) is 62.7 cm³/mol. The lowest BCUT2D eigenvalue weighted by molar-refractivity contribution is -0.157. The third kappa shape index (κ3) is 2.14. The molecule has 2 rings (SSSR count). The van der Waals surface area contributed by atoms with Crippen LogP contribution >= 0.6 is 0 Å². The van der Waals surface area contributed by atoms with Gasteiger partial charge in [0, 0.05) is 12.6 Å². The third-order valence-electron chi connectivity index (χ3n) is 4.11. The molecule has 0 aliphatic carbocycles. The van der Waals surface area contributed by atoms with E-state index in [1.165, 1.54) is 0 Å². The van der Waals surface area contributed by atoms with Crippen molar-refractivity contribution in [1.29, 1.82) is 0 Å². The lowest BCUT2D eigenvalue weighted by Crippen LogP contribution is -2.57. The highest BCUT2D eigenvalue weighted by molar-refractivity contribution is 5.73. The first kappa shape index (κ1) is 13.7. The molecule has 0 aromatic rings. The third-order valence-corrected chi connectivity index (χ3v) is 4.11. The molecule has 2 fully saturated rings. The van der Waals surface area contributed by atoms with E-state index in [-0.39, 0.29) is 25.0 Å². The highest BCUT2D eigenvalue weighted by atomic mass is 16.5. The summed E-state index contributed by atoms with van der Waals surface area (Å²) in [6.07, 6.45) is -2.37. The van der Waals surface area contributed by atoms with Gasteiger partial charge in [-0.2, -0.15) is 0 Å². The summed E-state index contributed by atoms with van der Waals surface area (Å²) in [6.45, 7) is 4.20. The van der Waals surface area contributed by atoms with Crippen LogP contribution in [0, 0.1) is 5.92 Å². The van der Waals surface area contributed by atoms with E-state index in [9.17, 15) is 20.1 Å². The van der Waals surface area contributed by atoms with Crippen LogP contribution in [0.2, 0.25) is 0 Å². The zero-order chi connectivity index (χ0) is 13.4. The predicted octanol–water partition coefficient (Wildman–Crippen LogP) is -1.28. The number of aliphatic hydroxyl groups is 3. The van der Waals surface area contributed by atoms with Crippen molar-refractivity contribution in [3.05, 3.63) is 0 Å². The monoisotopic (exact) mass is 259 g/mol. The Morgan fingerprint density at radius 2 is 2.00 bits per heavy atom. The van der Waals surface area contributed by atoms with E-state index in [4.69, 9.17) is 4.74 Å². The van der Waals surface area contributed by atoms with Crippen molar-refractivity contribution in [1.82, 2.24) is 4.90 Å². The Labute approximate surface area is 106 Å². The van der Waals surface area contributed by atoms with Gasteiger partial charge in [0.25, 0.3) is 0 Å². The fourth-order valence-electron chi connectivity index (χ4n) is 3.13. The van der Waals surface area contributed by atoms with Gasteiger partial charge in [0.15, 0.2) is 0 Å². The van der Waals surface area contributed by atoms with Crippen LogP contribution in [0.5, 0.6) is 0 Å². The number of carbonyl (C=O) groups excluding carboxylic acids is 1. The zero-order valence-corrected chi connectivity index (χ0v) is 10.7. The maximum Gasteiger partial charge on any atom is 0.310 e. The topological polar surface area (TPSA) is 90.2 Å². The summed E-state index contributed by atoms with van der Waals surface area (Å²) in [7, 11) is 0. The van der Waals surface area contributed by atoms with Crippen molar-refractivity contribution in [2.24, 2.45) is 5.92 Å². The molecule has 6 atom stereocenters. The molecule has 6 heteroatoms. The van der Waals surface area contributed by atoms with Crippen LogP contribution in [0.1, 0.15) is 20.3 Å². The number of piperidine rings is 1. The summed E-state index contributed by atoms with van der Waals surface area (Å²) in [5.74, 6) is -0.730. The van der Waals surface area contributed by atoms with Gasteiger partial charge in [-0.3, -0.25) is 9.69 Å². The number of hydrogen-bond acceptors (Lipinski definition) is 6. The minimum absolute atomic E-state index is 0.149. The molecule has 104 valence electrons. The van der Waals surface area contributed by atoms with E-state index in [0.717, 1.165) is 0 Å². The van der Waals surface area contributed by atoms with Crippen LogP contribution in [-0.2, 0) is 9.53 Å². The molecule has 2 aliphatic rings. The van der Waals surface area contributed by atoms with Crippen molar-refractivity contribution in [2.75, 3.05) is 13.2 Å². The minimum atomic E-state index is -0.953. The molecule has 0 aromatic heterocycles. The number of esters is 1. The van der Waals surface area contributed by atoms with E-state index in [0.29, 0.717) is 6.61 Å².